The lowest BCUT2D eigenvalue weighted by molar-refractivity contribution is 0.0998. The van der Waals surface area contributed by atoms with Crippen LogP contribution in [0.1, 0.15) is 34.9 Å². The van der Waals surface area contributed by atoms with Crippen molar-refractivity contribution < 1.29 is 9.21 Å². The van der Waals surface area contributed by atoms with Gasteiger partial charge in [0.25, 0.3) is 5.91 Å². The number of primary amides is 1. The number of amides is 1. The molecule has 18 heavy (non-hydrogen) atoms. The summed E-state index contributed by atoms with van der Waals surface area (Å²) in [5.74, 6) is 0.588. The molecule has 0 spiro atoms. The number of carbonyl (C=O) groups is 1. The van der Waals surface area contributed by atoms with Crippen molar-refractivity contribution in [3.05, 3.63) is 35.6 Å². The smallest absolute Gasteiger partial charge is 0.252 e. The molecule has 2 heterocycles. The first-order chi connectivity index (χ1) is 8.77. The van der Waals surface area contributed by atoms with E-state index in [9.17, 15) is 4.79 Å². The number of piperidine rings is 1. The molecule has 0 radical (unpaired) electrons. The molecule has 0 bridgehead atoms. The summed E-state index contributed by atoms with van der Waals surface area (Å²) in [7, 11) is 0. The molecule has 1 aliphatic rings. The Labute approximate surface area is 105 Å². The van der Waals surface area contributed by atoms with Crippen LogP contribution in [0.15, 0.2) is 28.7 Å². The number of hydrogen-bond donors (Lipinski definition) is 2. The van der Waals surface area contributed by atoms with E-state index in [1.807, 2.05) is 24.3 Å². The maximum absolute atomic E-state index is 11.7. The summed E-state index contributed by atoms with van der Waals surface area (Å²) < 4.78 is 5.86. The van der Waals surface area contributed by atoms with Gasteiger partial charge in [-0.15, -0.1) is 0 Å². The Kier molecular flexibility index (Phi) is 2.80. The lowest BCUT2D eigenvalue weighted by atomic mass is 9.93. The van der Waals surface area contributed by atoms with E-state index >= 15 is 0 Å². The monoisotopic (exact) mass is 244 g/mol. The highest BCUT2D eigenvalue weighted by molar-refractivity contribution is 6.06. The van der Waals surface area contributed by atoms with Gasteiger partial charge < -0.3 is 15.5 Å². The molecular weight excluding hydrogens is 228 g/mol. The number of rotatable bonds is 2. The molecule has 4 nitrogen and oxygen atoms in total. The zero-order chi connectivity index (χ0) is 12.5. The average molecular weight is 244 g/mol. The molecule has 2 aromatic rings. The summed E-state index contributed by atoms with van der Waals surface area (Å²) in [6.07, 6.45) is 2.13. The topological polar surface area (TPSA) is 68.3 Å². The Balaban J connectivity index is 2.14. The van der Waals surface area contributed by atoms with Gasteiger partial charge in [-0.1, -0.05) is 18.2 Å². The number of carbonyl (C=O) groups excluding carboxylic acids is 1. The highest BCUT2D eigenvalue weighted by atomic mass is 16.3. The van der Waals surface area contributed by atoms with Gasteiger partial charge in [-0.25, -0.2) is 0 Å². The lowest BCUT2D eigenvalue weighted by Crippen LogP contribution is -2.29. The van der Waals surface area contributed by atoms with Crippen molar-refractivity contribution in [2.75, 3.05) is 13.1 Å². The van der Waals surface area contributed by atoms with Crippen LogP contribution in [0.25, 0.3) is 11.0 Å². The molecule has 1 unspecified atom stereocenters. The van der Waals surface area contributed by atoms with Crippen molar-refractivity contribution in [1.82, 2.24) is 5.32 Å². The van der Waals surface area contributed by atoms with Crippen LogP contribution in [0, 0.1) is 0 Å². The van der Waals surface area contributed by atoms with Crippen LogP contribution in [-0.4, -0.2) is 19.0 Å². The van der Waals surface area contributed by atoms with E-state index in [2.05, 4.69) is 5.32 Å². The number of nitrogens with one attached hydrogen (secondary N) is 1. The Hall–Kier alpha value is -1.81. The van der Waals surface area contributed by atoms with Crippen molar-refractivity contribution in [2.45, 2.75) is 18.8 Å². The molecule has 0 saturated carbocycles. The molecule has 1 aliphatic heterocycles. The zero-order valence-corrected chi connectivity index (χ0v) is 10.1. The Bertz CT molecular complexity index is 582. The van der Waals surface area contributed by atoms with Crippen LogP contribution in [0.3, 0.4) is 0 Å². The van der Waals surface area contributed by atoms with Gasteiger partial charge in [-0.05, 0) is 25.5 Å². The fraction of sp³-hybridized carbons (Fsp3) is 0.357. The second-order valence-electron chi connectivity index (χ2n) is 4.74. The molecule has 4 heteroatoms. The predicted octanol–water partition coefficient (Wildman–Crippen LogP) is 2.00. The molecule has 1 atom stereocenters. The third kappa shape index (κ3) is 1.78. The number of furan rings is 1. The molecule has 1 fully saturated rings. The first-order valence-corrected chi connectivity index (χ1v) is 6.29. The lowest BCUT2D eigenvalue weighted by Gasteiger charge is -2.21. The number of fused-ring (bicyclic) bond motifs is 1. The number of benzene rings is 1. The summed E-state index contributed by atoms with van der Waals surface area (Å²) in [5, 5.41) is 4.16. The predicted molar refractivity (Wildman–Crippen MR) is 69.6 cm³/mol. The summed E-state index contributed by atoms with van der Waals surface area (Å²) in [4.78, 5) is 11.7. The van der Waals surface area contributed by atoms with Crippen molar-refractivity contribution >= 4 is 16.9 Å². The van der Waals surface area contributed by atoms with Crippen molar-refractivity contribution in [3.63, 3.8) is 0 Å². The highest BCUT2D eigenvalue weighted by Crippen LogP contribution is 2.33. The van der Waals surface area contributed by atoms with Crippen molar-refractivity contribution in [1.29, 1.82) is 0 Å². The SMILES string of the molecule is NC(=O)c1c(C2CCCNC2)oc2ccccc12. The number of nitrogens with two attached hydrogens (primary N) is 1. The van der Waals surface area contributed by atoms with Gasteiger partial charge in [0.1, 0.15) is 11.3 Å². The van der Waals surface area contributed by atoms with Gasteiger partial charge in [-0.2, -0.15) is 0 Å². The minimum atomic E-state index is -0.402. The van der Waals surface area contributed by atoms with E-state index < -0.39 is 5.91 Å². The standard InChI is InChI=1S/C14H16N2O2/c15-14(17)12-10-5-1-2-6-11(10)18-13(12)9-4-3-7-16-8-9/h1-2,5-6,9,16H,3-4,7-8H2,(H2,15,17). The summed E-state index contributed by atoms with van der Waals surface area (Å²) in [6, 6.07) is 7.56. The molecular formula is C14H16N2O2. The Morgan fingerprint density at radius 1 is 1.39 bits per heavy atom. The van der Waals surface area contributed by atoms with E-state index in [1.165, 1.54) is 0 Å². The fourth-order valence-corrected chi connectivity index (χ4v) is 2.68. The van der Waals surface area contributed by atoms with Crippen LogP contribution >= 0.6 is 0 Å². The second-order valence-corrected chi connectivity index (χ2v) is 4.74. The maximum atomic E-state index is 11.7. The molecule has 0 aliphatic carbocycles. The normalized spacial score (nSPS) is 20.1. The van der Waals surface area contributed by atoms with Crippen LogP contribution in [0.2, 0.25) is 0 Å². The van der Waals surface area contributed by atoms with Gasteiger partial charge in [-0.3, -0.25) is 4.79 Å². The third-order valence-electron chi connectivity index (χ3n) is 3.54. The Morgan fingerprint density at radius 3 is 2.94 bits per heavy atom. The number of para-hydroxylation sites is 1. The molecule has 1 aromatic carbocycles. The molecule has 94 valence electrons. The van der Waals surface area contributed by atoms with Crippen LogP contribution in [0.4, 0.5) is 0 Å². The van der Waals surface area contributed by atoms with Gasteiger partial charge in [0, 0.05) is 17.8 Å². The van der Waals surface area contributed by atoms with Crippen LogP contribution < -0.4 is 11.1 Å². The average Bonchev–Trinajstić information content (AvgIpc) is 2.79. The van der Waals surface area contributed by atoms with Gasteiger partial charge in [0.15, 0.2) is 0 Å². The molecule has 1 aromatic heterocycles. The third-order valence-corrected chi connectivity index (χ3v) is 3.54. The largest absolute Gasteiger partial charge is 0.460 e. The first-order valence-electron chi connectivity index (χ1n) is 6.29. The minimum absolute atomic E-state index is 0.244. The van der Waals surface area contributed by atoms with E-state index in [-0.39, 0.29) is 5.92 Å². The summed E-state index contributed by atoms with van der Waals surface area (Å²) >= 11 is 0. The number of hydrogen-bond acceptors (Lipinski definition) is 3. The summed E-state index contributed by atoms with van der Waals surface area (Å²) in [6.45, 7) is 1.88. The Morgan fingerprint density at radius 2 is 2.22 bits per heavy atom. The molecule has 1 amide bonds. The van der Waals surface area contributed by atoms with E-state index in [0.717, 1.165) is 42.7 Å². The van der Waals surface area contributed by atoms with Gasteiger partial charge in [0.2, 0.25) is 0 Å². The van der Waals surface area contributed by atoms with E-state index in [1.54, 1.807) is 0 Å². The quantitative estimate of drug-likeness (QED) is 0.849. The minimum Gasteiger partial charge on any atom is -0.460 e. The first kappa shape index (κ1) is 11.3. The van der Waals surface area contributed by atoms with Crippen LogP contribution in [0.5, 0.6) is 0 Å². The van der Waals surface area contributed by atoms with Gasteiger partial charge >= 0.3 is 0 Å². The van der Waals surface area contributed by atoms with Crippen molar-refractivity contribution in [2.24, 2.45) is 5.73 Å². The van der Waals surface area contributed by atoms with Gasteiger partial charge in [0.05, 0.1) is 5.56 Å². The molecule has 3 rings (SSSR count). The summed E-state index contributed by atoms with van der Waals surface area (Å²) in [5.41, 5.74) is 6.81. The fourth-order valence-electron chi connectivity index (χ4n) is 2.68. The zero-order valence-electron chi connectivity index (χ0n) is 10.1. The van der Waals surface area contributed by atoms with E-state index in [0.29, 0.717) is 5.56 Å². The second kappa shape index (κ2) is 4.46. The van der Waals surface area contributed by atoms with Crippen LogP contribution in [-0.2, 0) is 0 Å². The highest BCUT2D eigenvalue weighted by Gasteiger charge is 2.26. The molecule has 3 N–H and O–H groups in total. The van der Waals surface area contributed by atoms with Crippen molar-refractivity contribution in [3.8, 4) is 0 Å². The van der Waals surface area contributed by atoms with E-state index in [4.69, 9.17) is 10.2 Å². The maximum Gasteiger partial charge on any atom is 0.252 e. The molecule has 1 saturated heterocycles.